The highest BCUT2D eigenvalue weighted by Gasteiger charge is 2.30. The molecule has 0 radical (unpaired) electrons. The van der Waals surface area contributed by atoms with Gasteiger partial charge in [-0.2, -0.15) is 0 Å². The van der Waals surface area contributed by atoms with Gasteiger partial charge in [-0.3, -0.25) is 9.97 Å². The highest BCUT2D eigenvalue weighted by atomic mass is 35.5. The summed E-state index contributed by atoms with van der Waals surface area (Å²) in [6.07, 6.45) is 4.10. The number of nitrogens with zero attached hydrogens (tertiary/aromatic N) is 6. The SMILES string of the molecule is CNCCCOc1ccc(Cl)c(-c2nc(-c3c(C)noc3C)c(F)c(N3Cc4nccnc4C3)n2)c1. The van der Waals surface area contributed by atoms with E-state index in [4.69, 9.17) is 20.9 Å². The van der Waals surface area contributed by atoms with E-state index < -0.39 is 5.82 Å². The number of halogens is 2. The van der Waals surface area contributed by atoms with Gasteiger partial charge in [0.25, 0.3) is 0 Å². The van der Waals surface area contributed by atoms with Crippen LogP contribution in [0.25, 0.3) is 22.6 Å². The molecule has 1 aliphatic rings. The van der Waals surface area contributed by atoms with E-state index in [1.165, 1.54) is 0 Å². The average Bonchev–Trinajstić information content (AvgIpc) is 3.46. The van der Waals surface area contributed by atoms with E-state index in [-0.39, 0.29) is 17.3 Å². The number of aromatic nitrogens is 5. The quantitative estimate of drug-likeness (QED) is 0.344. The van der Waals surface area contributed by atoms with Gasteiger partial charge in [0.05, 0.1) is 47.4 Å². The van der Waals surface area contributed by atoms with Gasteiger partial charge in [0.15, 0.2) is 17.5 Å². The molecule has 36 heavy (non-hydrogen) atoms. The van der Waals surface area contributed by atoms with Gasteiger partial charge in [0, 0.05) is 18.0 Å². The van der Waals surface area contributed by atoms with Crippen LogP contribution in [0.5, 0.6) is 5.75 Å². The highest BCUT2D eigenvalue weighted by Crippen LogP contribution is 2.38. The summed E-state index contributed by atoms with van der Waals surface area (Å²) in [6, 6.07) is 5.29. The minimum Gasteiger partial charge on any atom is -0.494 e. The number of benzene rings is 1. The van der Waals surface area contributed by atoms with Crippen LogP contribution in [0, 0.1) is 19.7 Å². The van der Waals surface area contributed by atoms with Crippen molar-refractivity contribution in [3.05, 3.63) is 64.3 Å². The lowest BCUT2D eigenvalue weighted by Crippen LogP contribution is -2.19. The van der Waals surface area contributed by atoms with Crippen LogP contribution in [-0.4, -0.2) is 45.3 Å². The maximum Gasteiger partial charge on any atom is 0.192 e. The molecule has 0 aliphatic carbocycles. The molecular weight excluding hydrogens is 485 g/mol. The van der Waals surface area contributed by atoms with Crippen LogP contribution in [0.2, 0.25) is 5.02 Å². The van der Waals surface area contributed by atoms with Gasteiger partial charge in [0.1, 0.15) is 17.2 Å². The molecule has 0 fully saturated rings. The van der Waals surface area contributed by atoms with Crippen molar-refractivity contribution in [2.24, 2.45) is 0 Å². The largest absolute Gasteiger partial charge is 0.494 e. The zero-order valence-corrected chi connectivity index (χ0v) is 20.9. The number of hydrogen-bond donors (Lipinski definition) is 1. The predicted octanol–water partition coefficient (Wildman–Crippen LogP) is 4.51. The summed E-state index contributed by atoms with van der Waals surface area (Å²) in [5.41, 5.74) is 3.21. The van der Waals surface area contributed by atoms with E-state index in [1.807, 2.05) is 7.05 Å². The molecule has 1 aliphatic heterocycles. The second kappa shape index (κ2) is 10.2. The molecule has 0 atom stereocenters. The second-order valence-corrected chi connectivity index (χ2v) is 8.89. The summed E-state index contributed by atoms with van der Waals surface area (Å²) in [5.74, 6) is 0.912. The van der Waals surface area contributed by atoms with Crippen molar-refractivity contribution >= 4 is 17.4 Å². The van der Waals surface area contributed by atoms with Gasteiger partial charge in [-0.15, -0.1) is 0 Å². The fourth-order valence-electron chi connectivity index (χ4n) is 4.18. The summed E-state index contributed by atoms with van der Waals surface area (Å²) in [4.78, 5) is 19.8. The standard InChI is InChI=1S/C25H25ClFN7O2/c1-14-21(15(2)36-33-14)23-22(27)25(34-12-19-20(13-34)30-9-8-29-19)32-24(31-23)17-11-16(5-6-18(17)26)35-10-4-7-28-3/h5-6,8-9,11,28H,4,7,10,12-13H2,1-3H3. The van der Waals surface area contributed by atoms with Crippen LogP contribution >= 0.6 is 11.6 Å². The van der Waals surface area contributed by atoms with Crippen molar-refractivity contribution in [2.75, 3.05) is 25.1 Å². The Labute approximate surface area is 212 Å². The molecule has 186 valence electrons. The van der Waals surface area contributed by atoms with E-state index >= 15 is 4.39 Å². The summed E-state index contributed by atoms with van der Waals surface area (Å²) < 4.78 is 27.2. The summed E-state index contributed by atoms with van der Waals surface area (Å²) in [6.45, 7) is 5.60. The number of anilines is 1. The molecule has 0 saturated heterocycles. The fourth-order valence-corrected chi connectivity index (χ4v) is 4.39. The Balaban J connectivity index is 1.61. The van der Waals surface area contributed by atoms with Crippen LogP contribution in [-0.2, 0) is 13.1 Å². The lowest BCUT2D eigenvalue weighted by molar-refractivity contribution is 0.310. The fraction of sp³-hybridized carbons (Fsp3) is 0.320. The average molecular weight is 510 g/mol. The Morgan fingerprint density at radius 2 is 1.89 bits per heavy atom. The van der Waals surface area contributed by atoms with Crippen molar-refractivity contribution in [3.63, 3.8) is 0 Å². The number of nitrogens with one attached hydrogen (secondary N) is 1. The molecule has 0 spiro atoms. The Kier molecular flexibility index (Phi) is 6.80. The maximum atomic E-state index is 16.0. The number of ether oxygens (including phenoxy) is 1. The predicted molar refractivity (Wildman–Crippen MR) is 133 cm³/mol. The minimum atomic E-state index is -0.573. The monoisotopic (exact) mass is 509 g/mol. The molecule has 11 heteroatoms. The molecule has 5 rings (SSSR count). The molecule has 0 bridgehead atoms. The van der Waals surface area contributed by atoms with Crippen molar-refractivity contribution < 1.29 is 13.7 Å². The van der Waals surface area contributed by atoms with Crippen LogP contribution in [0.1, 0.15) is 29.3 Å². The second-order valence-electron chi connectivity index (χ2n) is 8.49. The van der Waals surface area contributed by atoms with Crippen LogP contribution in [0.15, 0.2) is 35.1 Å². The molecular formula is C25H25ClFN7O2. The summed E-state index contributed by atoms with van der Waals surface area (Å²) in [5, 5.41) is 7.50. The third-order valence-corrected chi connectivity index (χ3v) is 6.29. The minimum absolute atomic E-state index is 0.0968. The Bertz CT molecular complexity index is 1370. The third-order valence-electron chi connectivity index (χ3n) is 5.96. The Morgan fingerprint density at radius 1 is 1.14 bits per heavy atom. The molecule has 3 aromatic heterocycles. The van der Waals surface area contributed by atoms with Crippen molar-refractivity contribution in [1.82, 2.24) is 30.4 Å². The lowest BCUT2D eigenvalue weighted by Gasteiger charge is -2.19. The van der Waals surface area contributed by atoms with Gasteiger partial charge in [0.2, 0.25) is 0 Å². The lowest BCUT2D eigenvalue weighted by atomic mass is 10.1. The smallest absolute Gasteiger partial charge is 0.192 e. The first kappa shape index (κ1) is 24.1. The zero-order valence-electron chi connectivity index (χ0n) is 20.2. The Hall–Kier alpha value is -3.63. The van der Waals surface area contributed by atoms with Crippen LogP contribution in [0.3, 0.4) is 0 Å². The molecule has 0 amide bonds. The van der Waals surface area contributed by atoms with Gasteiger partial charge in [-0.1, -0.05) is 16.8 Å². The zero-order chi connectivity index (χ0) is 25.2. The van der Waals surface area contributed by atoms with E-state index in [9.17, 15) is 0 Å². The number of hydrogen-bond acceptors (Lipinski definition) is 9. The van der Waals surface area contributed by atoms with Gasteiger partial charge in [-0.05, 0) is 52.1 Å². The van der Waals surface area contributed by atoms with E-state index in [0.717, 1.165) is 24.4 Å². The molecule has 1 aromatic carbocycles. The van der Waals surface area contributed by atoms with E-state index in [1.54, 1.807) is 49.3 Å². The molecule has 1 N–H and O–H groups in total. The summed E-state index contributed by atoms with van der Waals surface area (Å²) >= 11 is 6.58. The van der Waals surface area contributed by atoms with E-state index in [2.05, 4.69) is 30.4 Å². The maximum absolute atomic E-state index is 16.0. The molecule has 4 aromatic rings. The van der Waals surface area contributed by atoms with Crippen molar-refractivity contribution in [2.45, 2.75) is 33.4 Å². The number of aryl methyl sites for hydroxylation is 2. The van der Waals surface area contributed by atoms with Crippen LogP contribution in [0.4, 0.5) is 10.2 Å². The topological polar surface area (TPSA) is 102 Å². The molecule has 9 nitrogen and oxygen atoms in total. The van der Waals surface area contributed by atoms with Crippen molar-refractivity contribution in [3.8, 4) is 28.4 Å². The molecule has 4 heterocycles. The van der Waals surface area contributed by atoms with Gasteiger partial charge < -0.3 is 19.5 Å². The van der Waals surface area contributed by atoms with Gasteiger partial charge in [-0.25, -0.2) is 14.4 Å². The van der Waals surface area contributed by atoms with Crippen molar-refractivity contribution in [1.29, 1.82) is 0 Å². The third kappa shape index (κ3) is 4.61. The first-order valence-electron chi connectivity index (χ1n) is 11.6. The van der Waals surface area contributed by atoms with Crippen LogP contribution < -0.4 is 15.0 Å². The van der Waals surface area contributed by atoms with E-state index in [0.29, 0.717) is 53.0 Å². The normalized spacial score (nSPS) is 12.8. The number of rotatable bonds is 8. The van der Waals surface area contributed by atoms with Gasteiger partial charge >= 0.3 is 0 Å². The highest BCUT2D eigenvalue weighted by molar-refractivity contribution is 6.33. The molecule has 0 saturated carbocycles. The first-order chi connectivity index (χ1) is 17.5. The summed E-state index contributed by atoms with van der Waals surface area (Å²) in [7, 11) is 1.89. The Morgan fingerprint density at radius 3 is 2.56 bits per heavy atom. The molecule has 0 unspecified atom stereocenters. The number of fused-ring (bicyclic) bond motifs is 1. The first-order valence-corrected chi connectivity index (χ1v) is 12.0.